The largest absolute Gasteiger partial charge is 0.478 e. The number of carboxylic acid groups (broad SMARTS) is 1. The Labute approximate surface area is 91.1 Å². The first-order chi connectivity index (χ1) is 7.66. The standard InChI is InChI=1S/C10H9N3O3/c1-13-6-11-10(12-13)16-8-5-3-2-4-7(8)9(14)15/h2-6H,1H3,(H,14,15). The fourth-order valence-electron chi connectivity index (χ4n) is 1.20. The number of para-hydroxylation sites is 1. The van der Waals surface area contributed by atoms with Crippen molar-refractivity contribution in [3.63, 3.8) is 0 Å². The highest BCUT2D eigenvalue weighted by Gasteiger charge is 2.12. The summed E-state index contributed by atoms with van der Waals surface area (Å²) in [6, 6.07) is 6.45. The number of hydrogen-bond acceptors (Lipinski definition) is 4. The van der Waals surface area contributed by atoms with E-state index in [9.17, 15) is 4.79 Å². The third-order valence-electron chi connectivity index (χ3n) is 1.90. The highest BCUT2D eigenvalue weighted by molar-refractivity contribution is 5.90. The maximum Gasteiger partial charge on any atom is 0.341 e. The van der Waals surface area contributed by atoms with Crippen LogP contribution in [0, 0.1) is 0 Å². The van der Waals surface area contributed by atoms with Crippen LogP contribution < -0.4 is 4.74 Å². The Balaban J connectivity index is 2.31. The Hall–Kier alpha value is -2.37. The van der Waals surface area contributed by atoms with E-state index >= 15 is 0 Å². The van der Waals surface area contributed by atoms with Crippen LogP contribution in [0.4, 0.5) is 0 Å². The molecule has 82 valence electrons. The fourth-order valence-corrected chi connectivity index (χ4v) is 1.20. The topological polar surface area (TPSA) is 77.2 Å². The van der Waals surface area contributed by atoms with E-state index in [2.05, 4.69) is 10.1 Å². The fraction of sp³-hybridized carbons (Fsp3) is 0.100. The van der Waals surface area contributed by atoms with Crippen molar-refractivity contribution in [2.24, 2.45) is 7.05 Å². The van der Waals surface area contributed by atoms with Crippen molar-refractivity contribution >= 4 is 5.97 Å². The van der Waals surface area contributed by atoms with Gasteiger partial charge in [0.2, 0.25) is 0 Å². The summed E-state index contributed by atoms with van der Waals surface area (Å²) >= 11 is 0. The van der Waals surface area contributed by atoms with E-state index in [0.29, 0.717) is 0 Å². The van der Waals surface area contributed by atoms with Crippen molar-refractivity contribution in [1.29, 1.82) is 0 Å². The van der Waals surface area contributed by atoms with E-state index in [1.54, 1.807) is 25.2 Å². The van der Waals surface area contributed by atoms with Gasteiger partial charge < -0.3 is 9.84 Å². The van der Waals surface area contributed by atoms with Gasteiger partial charge in [0.25, 0.3) is 0 Å². The van der Waals surface area contributed by atoms with Gasteiger partial charge in [0.15, 0.2) is 0 Å². The van der Waals surface area contributed by atoms with E-state index in [1.165, 1.54) is 17.1 Å². The lowest BCUT2D eigenvalue weighted by molar-refractivity contribution is 0.0694. The van der Waals surface area contributed by atoms with Crippen LogP contribution >= 0.6 is 0 Å². The lowest BCUT2D eigenvalue weighted by Crippen LogP contribution is -2.00. The van der Waals surface area contributed by atoms with Crippen LogP contribution in [0.1, 0.15) is 10.4 Å². The molecule has 0 amide bonds. The van der Waals surface area contributed by atoms with Crippen molar-refractivity contribution in [3.8, 4) is 11.8 Å². The summed E-state index contributed by atoms with van der Waals surface area (Å²) in [5.74, 6) is -0.826. The zero-order valence-electron chi connectivity index (χ0n) is 8.49. The second kappa shape index (κ2) is 4.01. The maximum atomic E-state index is 10.9. The summed E-state index contributed by atoms with van der Waals surface area (Å²) in [6.45, 7) is 0. The van der Waals surface area contributed by atoms with Crippen LogP contribution in [-0.2, 0) is 7.05 Å². The van der Waals surface area contributed by atoms with Gasteiger partial charge in [-0.15, -0.1) is 5.10 Å². The predicted octanol–water partition coefficient (Wildman–Crippen LogP) is 1.31. The second-order valence-electron chi connectivity index (χ2n) is 3.10. The molecule has 16 heavy (non-hydrogen) atoms. The summed E-state index contributed by atoms with van der Waals surface area (Å²) in [6.07, 6.45) is 1.47. The van der Waals surface area contributed by atoms with Gasteiger partial charge in [0, 0.05) is 7.05 Å². The maximum absolute atomic E-state index is 10.9. The average Bonchev–Trinajstić information content (AvgIpc) is 2.64. The van der Waals surface area contributed by atoms with Crippen LogP contribution in [-0.4, -0.2) is 25.8 Å². The molecule has 0 fully saturated rings. The number of nitrogens with zero attached hydrogens (tertiary/aromatic N) is 3. The van der Waals surface area contributed by atoms with Gasteiger partial charge >= 0.3 is 12.0 Å². The first-order valence-electron chi connectivity index (χ1n) is 4.52. The molecule has 0 aliphatic carbocycles. The second-order valence-corrected chi connectivity index (χ2v) is 3.10. The Kier molecular flexibility index (Phi) is 2.55. The Bertz CT molecular complexity index is 522. The highest BCUT2D eigenvalue weighted by Crippen LogP contribution is 2.22. The van der Waals surface area contributed by atoms with Gasteiger partial charge in [0.05, 0.1) is 0 Å². The Morgan fingerprint density at radius 1 is 1.44 bits per heavy atom. The SMILES string of the molecule is Cn1cnc(Oc2ccccc2C(=O)O)n1. The van der Waals surface area contributed by atoms with Crippen molar-refractivity contribution in [2.75, 3.05) is 0 Å². The van der Waals surface area contributed by atoms with E-state index in [-0.39, 0.29) is 17.3 Å². The molecule has 6 nitrogen and oxygen atoms in total. The molecule has 2 rings (SSSR count). The molecular weight excluding hydrogens is 210 g/mol. The van der Waals surface area contributed by atoms with Gasteiger partial charge in [-0.3, -0.25) is 4.68 Å². The van der Waals surface area contributed by atoms with Crippen LogP contribution in [0.2, 0.25) is 0 Å². The zero-order valence-corrected chi connectivity index (χ0v) is 8.49. The van der Waals surface area contributed by atoms with E-state index < -0.39 is 5.97 Å². The summed E-state index contributed by atoms with van der Waals surface area (Å²) < 4.78 is 6.74. The molecule has 0 aliphatic heterocycles. The minimum absolute atomic E-state index is 0.0787. The average molecular weight is 219 g/mol. The minimum Gasteiger partial charge on any atom is -0.478 e. The van der Waals surface area contributed by atoms with Crippen LogP contribution in [0.5, 0.6) is 11.8 Å². The normalized spacial score (nSPS) is 10.1. The molecular formula is C10H9N3O3. The molecule has 0 aliphatic rings. The van der Waals surface area contributed by atoms with Crippen molar-refractivity contribution in [1.82, 2.24) is 14.8 Å². The molecule has 0 saturated carbocycles. The zero-order chi connectivity index (χ0) is 11.5. The number of benzene rings is 1. The van der Waals surface area contributed by atoms with Gasteiger partial charge in [0.1, 0.15) is 17.6 Å². The number of aromatic carboxylic acids is 1. The minimum atomic E-state index is -1.05. The molecule has 0 bridgehead atoms. The summed E-state index contributed by atoms with van der Waals surface area (Å²) in [4.78, 5) is 14.7. The number of carboxylic acids is 1. The third-order valence-corrected chi connectivity index (χ3v) is 1.90. The van der Waals surface area contributed by atoms with Gasteiger partial charge in [-0.25, -0.2) is 4.79 Å². The number of ether oxygens (including phenoxy) is 1. The van der Waals surface area contributed by atoms with Gasteiger partial charge in [-0.1, -0.05) is 12.1 Å². The lowest BCUT2D eigenvalue weighted by Gasteiger charge is -2.03. The molecule has 0 radical (unpaired) electrons. The van der Waals surface area contributed by atoms with E-state index in [0.717, 1.165) is 0 Å². The highest BCUT2D eigenvalue weighted by atomic mass is 16.5. The summed E-state index contributed by atoms with van der Waals surface area (Å²) in [5, 5.41) is 12.8. The van der Waals surface area contributed by atoms with E-state index in [1.807, 2.05) is 0 Å². The molecule has 0 unspecified atom stereocenters. The smallest absolute Gasteiger partial charge is 0.341 e. The molecule has 0 spiro atoms. The molecule has 0 atom stereocenters. The number of hydrogen-bond donors (Lipinski definition) is 1. The van der Waals surface area contributed by atoms with Crippen LogP contribution in [0.3, 0.4) is 0 Å². The quantitative estimate of drug-likeness (QED) is 0.841. The number of aromatic nitrogens is 3. The predicted molar refractivity (Wildman–Crippen MR) is 54.5 cm³/mol. The molecule has 1 heterocycles. The van der Waals surface area contributed by atoms with Gasteiger partial charge in [-0.05, 0) is 12.1 Å². The van der Waals surface area contributed by atoms with Crippen LogP contribution in [0.25, 0.3) is 0 Å². The number of aryl methyl sites for hydroxylation is 1. The van der Waals surface area contributed by atoms with Crippen molar-refractivity contribution < 1.29 is 14.6 Å². The van der Waals surface area contributed by atoms with Crippen molar-refractivity contribution in [3.05, 3.63) is 36.2 Å². The van der Waals surface area contributed by atoms with Crippen molar-refractivity contribution in [2.45, 2.75) is 0 Å². The third kappa shape index (κ3) is 2.00. The molecule has 0 saturated heterocycles. The molecule has 1 aromatic heterocycles. The Morgan fingerprint density at radius 3 is 2.81 bits per heavy atom. The molecule has 1 N–H and O–H groups in total. The van der Waals surface area contributed by atoms with Gasteiger partial charge in [-0.2, -0.15) is 4.98 Å². The summed E-state index contributed by atoms with van der Waals surface area (Å²) in [7, 11) is 1.70. The first kappa shape index (κ1) is 10.2. The first-order valence-corrected chi connectivity index (χ1v) is 4.52. The van der Waals surface area contributed by atoms with E-state index in [4.69, 9.17) is 9.84 Å². The number of rotatable bonds is 3. The molecule has 1 aromatic carbocycles. The summed E-state index contributed by atoms with van der Waals surface area (Å²) in [5.41, 5.74) is 0.0787. The molecule has 6 heteroatoms. The van der Waals surface area contributed by atoms with Crippen LogP contribution in [0.15, 0.2) is 30.6 Å². The lowest BCUT2D eigenvalue weighted by atomic mass is 10.2. The Morgan fingerprint density at radius 2 is 2.19 bits per heavy atom. The monoisotopic (exact) mass is 219 g/mol. The number of carbonyl (C=O) groups is 1. The molecule has 2 aromatic rings.